The second kappa shape index (κ2) is 6.52. The molecule has 1 heterocycles. The van der Waals surface area contributed by atoms with Crippen LogP contribution in [0.5, 0.6) is 0 Å². The second-order valence-corrected chi connectivity index (χ2v) is 7.41. The van der Waals surface area contributed by atoms with Crippen LogP contribution < -0.4 is 10.6 Å². The van der Waals surface area contributed by atoms with Gasteiger partial charge in [-0.2, -0.15) is 0 Å². The standard InChI is InChI=1S/C19H27N3O/c23-19(21-16-8-10-22(11-9-16)17-6-7-17)20-13-15-12-18(15)14-4-2-1-3-5-14/h1-5,15-18H,6-13H2,(H2,20,21,23)/t15-,18-/m1/s1. The summed E-state index contributed by atoms with van der Waals surface area (Å²) in [5.41, 5.74) is 1.41. The molecule has 2 N–H and O–H groups in total. The fourth-order valence-corrected chi connectivity index (χ4v) is 3.89. The Bertz CT molecular complexity index is 535. The molecule has 0 radical (unpaired) electrons. The van der Waals surface area contributed by atoms with Gasteiger partial charge in [0, 0.05) is 31.7 Å². The minimum absolute atomic E-state index is 0.0218. The first-order valence-electron chi connectivity index (χ1n) is 9.13. The van der Waals surface area contributed by atoms with Crippen LogP contribution in [0.3, 0.4) is 0 Å². The highest BCUT2D eigenvalue weighted by Gasteiger charge is 2.38. The molecule has 124 valence electrons. The number of hydrogen-bond donors (Lipinski definition) is 2. The molecule has 1 saturated heterocycles. The van der Waals surface area contributed by atoms with Gasteiger partial charge in [0.2, 0.25) is 0 Å². The lowest BCUT2D eigenvalue weighted by atomic mass is 10.1. The molecule has 0 unspecified atom stereocenters. The van der Waals surface area contributed by atoms with Crippen molar-refractivity contribution in [2.45, 2.75) is 50.1 Å². The Labute approximate surface area is 138 Å². The summed E-state index contributed by atoms with van der Waals surface area (Å²) in [6.07, 6.45) is 6.15. The fraction of sp³-hybridized carbons (Fsp3) is 0.632. The SMILES string of the molecule is O=C(NC[C@H]1C[C@@H]1c1ccccc1)NC1CCN(C2CC2)CC1. The Morgan fingerprint density at radius 3 is 2.52 bits per heavy atom. The van der Waals surface area contributed by atoms with Crippen LogP contribution in [0.25, 0.3) is 0 Å². The molecule has 4 rings (SSSR count). The van der Waals surface area contributed by atoms with Crippen molar-refractivity contribution in [3.8, 4) is 0 Å². The Hall–Kier alpha value is -1.55. The van der Waals surface area contributed by atoms with E-state index < -0.39 is 0 Å². The van der Waals surface area contributed by atoms with Gasteiger partial charge >= 0.3 is 6.03 Å². The summed E-state index contributed by atoms with van der Waals surface area (Å²) >= 11 is 0. The summed E-state index contributed by atoms with van der Waals surface area (Å²) in [6, 6.07) is 11.9. The van der Waals surface area contributed by atoms with Crippen LogP contribution in [0.2, 0.25) is 0 Å². The molecule has 2 amide bonds. The number of likely N-dealkylation sites (tertiary alicyclic amines) is 1. The normalized spacial score (nSPS) is 28.3. The highest BCUT2D eigenvalue weighted by Crippen LogP contribution is 2.46. The van der Waals surface area contributed by atoms with Crippen molar-refractivity contribution in [3.05, 3.63) is 35.9 Å². The molecule has 3 aliphatic rings. The summed E-state index contributed by atoms with van der Waals surface area (Å²) in [5.74, 6) is 1.25. The van der Waals surface area contributed by atoms with Crippen LogP contribution in [0.1, 0.15) is 43.6 Å². The topological polar surface area (TPSA) is 44.4 Å². The first kappa shape index (κ1) is 15.0. The van der Waals surface area contributed by atoms with E-state index in [0.717, 1.165) is 38.5 Å². The van der Waals surface area contributed by atoms with Crippen molar-refractivity contribution >= 4 is 6.03 Å². The van der Waals surface area contributed by atoms with Gasteiger partial charge in [-0.1, -0.05) is 30.3 Å². The van der Waals surface area contributed by atoms with Crippen molar-refractivity contribution in [2.75, 3.05) is 19.6 Å². The van der Waals surface area contributed by atoms with Crippen LogP contribution >= 0.6 is 0 Å². The summed E-state index contributed by atoms with van der Waals surface area (Å²) in [6.45, 7) is 3.09. The van der Waals surface area contributed by atoms with Crippen LogP contribution in [0.15, 0.2) is 30.3 Å². The van der Waals surface area contributed by atoms with E-state index in [1.807, 2.05) is 0 Å². The third-order valence-electron chi connectivity index (χ3n) is 5.60. The van der Waals surface area contributed by atoms with E-state index in [0.29, 0.717) is 17.9 Å². The number of nitrogens with one attached hydrogen (secondary N) is 2. The second-order valence-electron chi connectivity index (χ2n) is 7.41. The van der Waals surface area contributed by atoms with Crippen LogP contribution in [0.4, 0.5) is 4.79 Å². The molecule has 1 aromatic rings. The highest BCUT2D eigenvalue weighted by molar-refractivity contribution is 5.74. The largest absolute Gasteiger partial charge is 0.338 e. The molecule has 0 bridgehead atoms. The number of nitrogens with zero attached hydrogens (tertiary/aromatic N) is 1. The van der Waals surface area contributed by atoms with Gasteiger partial charge in [-0.05, 0) is 49.5 Å². The van der Waals surface area contributed by atoms with Crippen LogP contribution in [0, 0.1) is 5.92 Å². The maximum absolute atomic E-state index is 12.1. The van der Waals surface area contributed by atoms with E-state index in [2.05, 4.69) is 45.9 Å². The Balaban J connectivity index is 1.14. The number of amides is 2. The van der Waals surface area contributed by atoms with E-state index in [1.54, 1.807) is 0 Å². The minimum Gasteiger partial charge on any atom is -0.338 e. The van der Waals surface area contributed by atoms with E-state index in [-0.39, 0.29) is 6.03 Å². The molecule has 23 heavy (non-hydrogen) atoms. The van der Waals surface area contributed by atoms with Crippen molar-refractivity contribution < 1.29 is 4.79 Å². The molecule has 4 heteroatoms. The number of carbonyl (C=O) groups excluding carboxylic acids is 1. The van der Waals surface area contributed by atoms with Gasteiger partial charge in [-0.15, -0.1) is 0 Å². The number of urea groups is 1. The zero-order chi connectivity index (χ0) is 15.6. The summed E-state index contributed by atoms with van der Waals surface area (Å²) < 4.78 is 0. The lowest BCUT2D eigenvalue weighted by Crippen LogP contribution is -2.48. The Morgan fingerprint density at radius 2 is 1.83 bits per heavy atom. The smallest absolute Gasteiger partial charge is 0.315 e. The van der Waals surface area contributed by atoms with Gasteiger partial charge in [0.05, 0.1) is 0 Å². The maximum Gasteiger partial charge on any atom is 0.315 e. The molecule has 1 aliphatic heterocycles. The summed E-state index contributed by atoms with van der Waals surface area (Å²) in [7, 11) is 0. The van der Waals surface area contributed by atoms with Crippen LogP contribution in [-0.4, -0.2) is 42.6 Å². The van der Waals surface area contributed by atoms with Gasteiger partial charge < -0.3 is 15.5 Å². The van der Waals surface area contributed by atoms with E-state index in [9.17, 15) is 4.79 Å². The number of piperidine rings is 1. The number of benzene rings is 1. The fourth-order valence-electron chi connectivity index (χ4n) is 3.89. The zero-order valence-electron chi connectivity index (χ0n) is 13.7. The molecule has 2 aliphatic carbocycles. The molecule has 0 aromatic heterocycles. The average molecular weight is 313 g/mol. The zero-order valence-corrected chi connectivity index (χ0v) is 13.7. The molecular formula is C19H27N3O. The summed E-state index contributed by atoms with van der Waals surface area (Å²) in [5, 5.41) is 6.23. The predicted octanol–water partition coefficient (Wildman–Crippen LogP) is 2.72. The van der Waals surface area contributed by atoms with Gasteiger partial charge in [0.25, 0.3) is 0 Å². The molecular weight excluding hydrogens is 286 g/mol. The molecule has 1 aromatic carbocycles. The highest BCUT2D eigenvalue weighted by atomic mass is 16.2. The van der Waals surface area contributed by atoms with Crippen molar-refractivity contribution in [1.29, 1.82) is 0 Å². The maximum atomic E-state index is 12.1. The lowest BCUT2D eigenvalue weighted by Gasteiger charge is -2.32. The van der Waals surface area contributed by atoms with Crippen molar-refractivity contribution in [1.82, 2.24) is 15.5 Å². The molecule has 4 nitrogen and oxygen atoms in total. The summed E-state index contributed by atoms with van der Waals surface area (Å²) in [4.78, 5) is 14.7. The molecule has 2 atom stereocenters. The van der Waals surface area contributed by atoms with E-state index in [4.69, 9.17) is 0 Å². The first-order chi connectivity index (χ1) is 11.3. The van der Waals surface area contributed by atoms with Crippen LogP contribution in [-0.2, 0) is 0 Å². The minimum atomic E-state index is 0.0218. The Kier molecular flexibility index (Phi) is 4.25. The first-order valence-corrected chi connectivity index (χ1v) is 9.13. The van der Waals surface area contributed by atoms with Crippen molar-refractivity contribution in [2.24, 2.45) is 5.92 Å². The van der Waals surface area contributed by atoms with Gasteiger partial charge in [0.1, 0.15) is 0 Å². The quantitative estimate of drug-likeness (QED) is 0.878. The monoisotopic (exact) mass is 313 g/mol. The number of rotatable bonds is 5. The number of carbonyl (C=O) groups is 1. The third kappa shape index (κ3) is 3.86. The molecule has 2 saturated carbocycles. The molecule has 0 spiro atoms. The van der Waals surface area contributed by atoms with Gasteiger partial charge in [0.15, 0.2) is 0 Å². The van der Waals surface area contributed by atoms with E-state index in [1.165, 1.54) is 24.8 Å². The lowest BCUT2D eigenvalue weighted by molar-refractivity contribution is 0.186. The predicted molar refractivity (Wildman–Crippen MR) is 91.4 cm³/mol. The Morgan fingerprint density at radius 1 is 1.09 bits per heavy atom. The van der Waals surface area contributed by atoms with Crippen molar-refractivity contribution in [3.63, 3.8) is 0 Å². The van der Waals surface area contributed by atoms with E-state index >= 15 is 0 Å². The number of hydrogen-bond acceptors (Lipinski definition) is 2. The average Bonchev–Trinajstić information content (AvgIpc) is 3.48. The van der Waals surface area contributed by atoms with Gasteiger partial charge in [-0.25, -0.2) is 4.79 Å². The van der Waals surface area contributed by atoms with Gasteiger partial charge in [-0.3, -0.25) is 0 Å². The third-order valence-corrected chi connectivity index (χ3v) is 5.60. The molecule has 3 fully saturated rings.